The number of methoxy groups -OCH3 is 1. The van der Waals surface area contributed by atoms with E-state index in [9.17, 15) is 9.59 Å². The zero-order valence-electron chi connectivity index (χ0n) is 12.4. The van der Waals surface area contributed by atoms with Gasteiger partial charge in [-0.3, -0.25) is 0 Å². The Balaban J connectivity index is 1.89. The summed E-state index contributed by atoms with van der Waals surface area (Å²) in [5.41, 5.74) is 1.07. The Kier molecular flexibility index (Phi) is 3.97. The van der Waals surface area contributed by atoms with Crippen LogP contribution in [-0.2, 0) is 0 Å². The van der Waals surface area contributed by atoms with Gasteiger partial charge in [-0.25, -0.2) is 9.59 Å². The van der Waals surface area contributed by atoms with E-state index in [0.717, 1.165) is 4.74 Å². The summed E-state index contributed by atoms with van der Waals surface area (Å²) in [7, 11) is 1.56. The number of anilines is 1. The number of rotatable bonds is 3. The predicted molar refractivity (Wildman–Crippen MR) is 85.8 cm³/mol. The molecule has 3 aromatic rings. The monoisotopic (exact) mass is 310 g/mol. The Bertz CT molecular complexity index is 864. The van der Waals surface area contributed by atoms with Crippen molar-refractivity contribution in [2.75, 3.05) is 12.4 Å². The second kappa shape index (κ2) is 6.23. The van der Waals surface area contributed by atoms with E-state index in [1.165, 1.54) is 6.07 Å². The van der Waals surface area contributed by atoms with E-state index < -0.39 is 11.7 Å². The molecule has 0 atom stereocenters. The van der Waals surface area contributed by atoms with Crippen LogP contribution >= 0.6 is 0 Å². The van der Waals surface area contributed by atoms with E-state index in [4.69, 9.17) is 9.26 Å². The Labute approximate surface area is 131 Å². The van der Waals surface area contributed by atoms with Crippen molar-refractivity contribution in [3.05, 3.63) is 71.1 Å². The van der Waals surface area contributed by atoms with Crippen LogP contribution in [0.3, 0.4) is 0 Å². The lowest BCUT2D eigenvalue weighted by Gasteiger charge is -2.08. The Hall–Kier alpha value is -3.28. The molecular weight excluding hydrogens is 296 g/mol. The molecular formula is C17H14N2O4. The normalized spacial score (nSPS) is 10.3. The van der Waals surface area contributed by atoms with Crippen LogP contribution < -0.4 is 15.7 Å². The average molecular weight is 310 g/mol. The molecule has 0 saturated heterocycles. The lowest BCUT2D eigenvalue weighted by molar-refractivity contribution is 0.220. The smallest absolute Gasteiger partial charge is 0.359 e. The van der Waals surface area contributed by atoms with Crippen molar-refractivity contribution in [3.63, 3.8) is 0 Å². The lowest BCUT2D eigenvalue weighted by Crippen LogP contribution is -2.19. The molecule has 6 nitrogen and oxygen atoms in total. The molecule has 0 radical (unpaired) electrons. The third-order valence-corrected chi connectivity index (χ3v) is 3.25. The minimum Gasteiger partial charge on any atom is -0.497 e. The van der Waals surface area contributed by atoms with E-state index >= 15 is 0 Å². The van der Waals surface area contributed by atoms with Crippen molar-refractivity contribution in [3.8, 4) is 17.0 Å². The van der Waals surface area contributed by atoms with Crippen molar-refractivity contribution >= 4 is 11.7 Å². The first-order chi connectivity index (χ1) is 11.2. The van der Waals surface area contributed by atoms with Crippen LogP contribution in [0.15, 0.2) is 70.0 Å². The van der Waals surface area contributed by atoms with Gasteiger partial charge in [0.05, 0.1) is 13.2 Å². The van der Waals surface area contributed by atoms with Gasteiger partial charge in [-0.1, -0.05) is 30.3 Å². The largest absolute Gasteiger partial charge is 0.497 e. The van der Waals surface area contributed by atoms with Crippen molar-refractivity contribution < 1.29 is 14.1 Å². The van der Waals surface area contributed by atoms with E-state index in [-0.39, 0.29) is 0 Å². The molecule has 0 unspecified atom stereocenters. The van der Waals surface area contributed by atoms with Crippen LogP contribution in [0.5, 0.6) is 5.75 Å². The highest BCUT2D eigenvalue weighted by molar-refractivity contribution is 5.92. The summed E-state index contributed by atoms with van der Waals surface area (Å²) in [6, 6.07) is 16.6. The minimum atomic E-state index is -0.589. The second-order valence-corrected chi connectivity index (χ2v) is 4.76. The van der Waals surface area contributed by atoms with Crippen LogP contribution in [0.25, 0.3) is 11.3 Å². The molecule has 2 aromatic carbocycles. The van der Waals surface area contributed by atoms with Crippen LogP contribution in [0.4, 0.5) is 10.5 Å². The Morgan fingerprint density at radius 2 is 1.78 bits per heavy atom. The maximum Gasteiger partial charge on any atom is 0.359 e. The summed E-state index contributed by atoms with van der Waals surface area (Å²) in [5, 5.41) is 2.67. The van der Waals surface area contributed by atoms with Crippen LogP contribution in [0, 0.1) is 0 Å². The van der Waals surface area contributed by atoms with E-state index in [1.807, 2.05) is 18.2 Å². The number of hydrogen-bond donors (Lipinski definition) is 1. The SMILES string of the molecule is COc1ccc(NC(=O)n2oc(=O)cc2-c2ccccc2)cc1. The van der Waals surface area contributed by atoms with Gasteiger partial charge in [0.2, 0.25) is 0 Å². The van der Waals surface area contributed by atoms with E-state index in [0.29, 0.717) is 22.7 Å². The molecule has 0 aliphatic carbocycles. The highest BCUT2D eigenvalue weighted by atomic mass is 16.5. The van der Waals surface area contributed by atoms with Gasteiger partial charge >= 0.3 is 11.7 Å². The average Bonchev–Trinajstić information content (AvgIpc) is 2.98. The summed E-state index contributed by atoms with van der Waals surface area (Å²) in [6.07, 6.45) is 0. The number of hydrogen-bond acceptors (Lipinski definition) is 4. The number of nitrogens with zero attached hydrogens (tertiary/aromatic N) is 1. The fourth-order valence-electron chi connectivity index (χ4n) is 2.14. The molecule has 1 amide bonds. The van der Waals surface area contributed by atoms with Crippen molar-refractivity contribution in [2.24, 2.45) is 0 Å². The number of ether oxygens (including phenoxy) is 1. The number of carbonyl (C=O) groups excluding carboxylic acids is 1. The molecule has 1 aromatic heterocycles. The second-order valence-electron chi connectivity index (χ2n) is 4.76. The van der Waals surface area contributed by atoms with Gasteiger partial charge in [-0.05, 0) is 24.3 Å². The van der Waals surface area contributed by atoms with Crippen LogP contribution in [-0.4, -0.2) is 17.9 Å². The number of aromatic nitrogens is 1. The Morgan fingerprint density at radius 1 is 1.09 bits per heavy atom. The number of benzene rings is 2. The molecule has 0 fully saturated rings. The first-order valence-corrected chi connectivity index (χ1v) is 6.91. The molecule has 0 saturated carbocycles. The molecule has 23 heavy (non-hydrogen) atoms. The van der Waals surface area contributed by atoms with Gasteiger partial charge in [-0.2, -0.15) is 0 Å². The predicted octanol–water partition coefficient (Wildman–Crippen LogP) is 3.20. The quantitative estimate of drug-likeness (QED) is 0.806. The molecule has 0 aliphatic heterocycles. The molecule has 0 spiro atoms. The van der Waals surface area contributed by atoms with Gasteiger partial charge in [0.15, 0.2) is 0 Å². The minimum absolute atomic E-state index is 0.390. The van der Waals surface area contributed by atoms with Gasteiger partial charge in [0, 0.05) is 11.3 Å². The van der Waals surface area contributed by atoms with Gasteiger partial charge in [-0.15, -0.1) is 4.74 Å². The molecule has 0 bridgehead atoms. The van der Waals surface area contributed by atoms with Crippen LogP contribution in [0.2, 0.25) is 0 Å². The van der Waals surface area contributed by atoms with Gasteiger partial charge in [0.1, 0.15) is 11.4 Å². The summed E-state index contributed by atoms with van der Waals surface area (Å²) >= 11 is 0. The first-order valence-electron chi connectivity index (χ1n) is 6.91. The fourth-order valence-corrected chi connectivity index (χ4v) is 2.14. The first kappa shape index (κ1) is 14.6. The third-order valence-electron chi connectivity index (χ3n) is 3.25. The summed E-state index contributed by atoms with van der Waals surface area (Å²) < 4.78 is 11.0. The molecule has 1 heterocycles. The van der Waals surface area contributed by atoms with Crippen molar-refractivity contribution in [1.82, 2.24) is 4.74 Å². The summed E-state index contributed by atoms with van der Waals surface area (Å²) in [4.78, 5) is 23.9. The molecule has 0 aliphatic rings. The van der Waals surface area contributed by atoms with Gasteiger partial charge < -0.3 is 14.6 Å². The van der Waals surface area contributed by atoms with Gasteiger partial charge in [0.25, 0.3) is 0 Å². The summed E-state index contributed by atoms with van der Waals surface area (Å²) in [6.45, 7) is 0. The number of carbonyl (C=O) groups is 1. The zero-order valence-corrected chi connectivity index (χ0v) is 12.4. The van der Waals surface area contributed by atoms with Crippen molar-refractivity contribution in [2.45, 2.75) is 0 Å². The van der Waals surface area contributed by atoms with E-state index in [1.54, 1.807) is 43.5 Å². The Morgan fingerprint density at radius 3 is 2.43 bits per heavy atom. The maximum atomic E-state index is 12.4. The maximum absolute atomic E-state index is 12.4. The molecule has 1 N–H and O–H groups in total. The lowest BCUT2D eigenvalue weighted by atomic mass is 10.1. The molecule has 6 heteroatoms. The number of nitrogens with one attached hydrogen (secondary N) is 1. The third kappa shape index (κ3) is 3.16. The highest BCUT2D eigenvalue weighted by Crippen LogP contribution is 2.19. The van der Waals surface area contributed by atoms with Crippen molar-refractivity contribution in [1.29, 1.82) is 0 Å². The number of amides is 1. The topological polar surface area (TPSA) is 73.5 Å². The molecule has 3 rings (SSSR count). The molecule has 116 valence electrons. The summed E-state index contributed by atoms with van der Waals surface area (Å²) in [5.74, 6) is 0.681. The zero-order chi connectivity index (χ0) is 16.2. The fraction of sp³-hybridized carbons (Fsp3) is 0.0588. The van der Waals surface area contributed by atoms with Crippen LogP contribution in [0.1, 0.15) is 0 Å². The van der Waals surface area contributed by atoms with E-state index in [2.05, 4.69) is 5.32 Å². The standard InChI is InChI=1S/C17H14N2O4/c1-22-14-9-7-13(8-10-14)18-17(21)19-15(11-16(20)23-19)12-5-3-2-4-6-12/h2-11H,1H3,(H,18,21). The highest BCUT2D eigenvalue weighted by Gasteiger charge is 2.16.